The number of halogens is 1. The molecule has 0 spiro atoms. The van der Waals surface area contributed by atoms with Crippen LogP contribution >= 0.6 is 0 Å². The molecule has 0 unspecified atom stereocenters. The van der Waals surface area contributed by atoms with Gasteiger partial charge in [-0.15, -0.1) is 0 Å². The molecule has 2 fully saturated rings. The van der Waals surface area contributed by atoms with Crippen molar-refractivity contribution in [3.8, 4) is 6.07 Å². The number of piperidine rings is 1. The van der Waals surface area contributed by atoms with Crippen LogP contribution in [0.25, 0.3) is 0 Å². The van der Waals surface area contributed by atoms with Gasteiger partial charge in [-0.1, -0.05) is 6.07 Å². The Balaban J connectivity index is 1.63. The summed E-state index contributed by atoms with van der Waals surface area (Å²) in [6.07, 6.45) is 1.58. The molecule has 25 heavy (non-hydrogen) atoms. The molecule has 1 amide bonds. The summed E-state index contributed by atoms with van der Waals surface area (Å²) in [5.41, 5.74) is 0.713. The van der Waals surface area contributed by atoms with Crippen molar-refractivity contribution in [1.29, 1.82) is 5.26 Å². The lowest BCUT2D eigenvalue weighted by molar-refractivity contribution is -0.148. The molecule has 0 radical (unpaired) electrons. The Hall–Kier alpha value is -2.13. The molecule has 1 aromatic carbocycles. The molecule has 1 aromatic rings. The fourth-order valence-electron chi connectivity index (χ4n) is 3.87. The third kappa shape index (κ3) is 3.77. The molecule has 2 heterocycles. The molecule has 134 valence electrons. The van der Waals surface area contributed by atoms with Crippen molar-refractivity contribution < 1.29 is 13.9 Å². The van der Waals surface area contributed by atoms with Gasteiger partial charge >= 0.3 is 0 Å². The van der Waals surface area contributed by atoms with Gasteiger partial charge < -0.3 is 14.5 Å². The van der Waals surface area contributed by atoms with E-state index in [1.165, 1.54) is 6.07 Å². The Labute approximate surface area is 148 Å². The molecule has 6 heteroatoms. The zero-order valence-electron chi connectivity index (χ0n) is 14.7. The van der Waals surface area contributed by atoms with Gasteiger partial charge in [0.15, 0.2) is 0 Å². The number of anilines is 1. The van der Waals surface area contributed by atoms with E-state index in [-0.39, 0.29) is 29.6 Å². The molecular formula is C19H24FN3O2. The number of rotatable bonds is 2. The summed E-state index contributed by atoms with van der Waals surface area (Å²) in [5, 5.41) is 9.20. The first-order chi connectivity index (χ1) is 12.0. The Morgan fingerprint density at radius 3 is 2.48 bits per heavy atom. The van der Waals surface area contributed by atoms with E-state index in [4.69, 9.17) is 4.74 Å². The minimum atomic E-state index is -0.491. The molecule has 0 N–H and O–H groups in total. The molecular weight excluding hydrogens is 321 g/mol. The highest BCUT2D eigenvalue weighted by atomic mass is 19.1. The van der Waals surface area contributed by atoms with Crippen LogP contribution in [0.2, 0.25) is 0 Å². The zero-order chi connectivity index (χ0) is 18.0. The fourth-order valence-corrected chi connectivity index (χ4v) is 3.87. The first-order valence-corrected chi connectivity index (χ1v) is 8.87. The van der Waals surface area contributed by atoms with Crippen LogP contribution < -0.4 is 4.90 Å². The van der Waals surface area contributed by atoms with Crippen LogP contribution in [-0.2, 0) is 9.53 Å². The summed E-state index contributed by atoms with van der Waals surface area (Å²) in [5.74, 6) is -0.302. The number of ether oxygens (including phenoxy) is 1. The quantitative estimate of drug-likeness (QED) is 0.827. The van der Waals surface area contributed by atoms with E-state index in [1.807, 2.05) is 29.7 Å². The first-order valence-electron chi connectivity index (χ1n) is 8.87. The average molecular weight is 345 g/mol. The molecule has 0 aliphatic carbocycles. The number of amides is 1. The molecule has 2 atom stereocenters. The third-order valence-electron chi connectivity index (χ3n) is 5.02. The SMILES string of the molecule is C[C@H]1CN(C(=O)C2CCN(c3cccc(F)c3C#N)CC2)C[C@H](C)O1. The van der Waals surface area contributed by atoms with Gasteiger partial charge in [-0.3, -0.25) is 4.79 Å². The van der Waals surface area contributed by atoms with Crippen molar-refractivity contribution in [2.45, 2.75) is 38.9 Å². The number of carbonyl (C=O) groups is 1. The van der Waals surface area contributed by atoms with E-state index >= 15 is 0 Å². The van der Waals surface area contributed by atoms with Crippen molar-refractivity contribution in [3.05, 3.63) is 29.6 Å². The molecule has 2 aliphatic rings. The highest BCUT2D eigenvalue weighted by molar-refractivity contribution is 5.79. The van der Waals surface area contributed by atoms with Gasteiger partial charge in [-0.2, -0.15) is 5.26 Å². The van der Waals surface area contributed by atoms with E-state index in [2.05, 4.69) is 0 Å². The maximum atomic E-state index is 13.8. The van der Waals surface area contributed by atoms with Gasteiger partial charge in [0, 0.05) is 32.1 Å². The smallest absolute Gasteiger partial charge is 0.225 e. The number of nitrogens with zero attached hydrogens (tertiary/aromatic N) is 3. The topological polar surface area (TPSA) is 56.6 Å². The summed E-state index contributed by atoms with van der Waals surface area (Å²) in [4.78, 5) is 16.7. The predicted octanol–water partition coefficient (Wildman–Crippen LogP) is 2.55. The number of nitriles is 1. The number of hydrogen-bond donors (Lipinski definition) is 0. The van der Waals surface area contributed by atoms with Crippen molar-refractivity contribution in [2.75, 3.05) is 31.1 Å². The first kappa shape index (κ1) is 17.7. The summed E-state index contributed by atoms with van der Waals surface area (Å²) >= 11 is 0. The molecule has 2 aliphatic heterocycles. The Morgan fingerprint density at radius 2 is 1.88 bits per heavy atom. The highest BCUT2D eigenvalue weighted by Crippen LogP contribution is 2.29. The van der Waals surface area contributed by atoms with Crippen LogP contribution in [0.15, 0.2) is 18.2 Å². The number of hydrogen-bond acceptors (Lipinski definition) is 4. The number of benzene rings is 1. The summed E-state index contributed by atoms with van der Waals surface area (Å²) in [6.45, 7) is 6.59. The highest BCUT2D eigenvalue weighted by Gasteiger charge is 2.33. The van der Waals surface area contributed by atoms with E-state index in [9.17, 15) is 14.4 Å². The summed E-state index contributed by atoms with van der Waals surface area (Å²) in [6, 6.07) is 6.65. The Morgan fingerprint density at radius 1 is 1.24 bits per heavy atom. The maximum absolute atomic E-state index is 13.8. The Kier molecular flexibility index (Phi) is 5.24. The van der Waals surface area contributed by atoms with Crippen LogP contribution in [0.4, 0.5) is 10.1 Å². The third-order valence-corrected chi connectivity index (χ3v) is 5.02. The van der Waals surface area contributed by atoms with Crippen molar-refractivity contribution in [1.82, 2.24) is 4.90 Å². The van der Waals surface area contributed by atoms with Crippen LogP contribution in [0.3, 0.4) is 0 Å². The monoisotopic (exact) mass is 345 g/mol. The average Bonchev–Trinajstić information content (AvgIpc) is 2.60. The largest absolute Gasteiger partial charge is 0.372 e. The molecule has 3 rings (SSSR count). The van der Waals surface area contributed by atoms with Gasteiger partial charge in [-0.05, 0) is 38.8 Å². The zero-order valence-corrected chi connectivity index (χ0v) is 14.7. The van der Waals surface area contributed by atoms with Gasteiger partial charge in [0.2, 0.25) is 5.91 Å². The van der Waals surface area contributed by atoms with E-state index in [0.717, 1.165) is 12.8 Å². The molecule has 0 aromatic heterocycles. The van der Waals surface area contributed by atoms with Gasteiger partial charge in [-0.25, -0.2) is 4.39 Å². The summed E-state index contributed by atoms with van der Waals surface area (Å²) < 4.78 is 19.5. The second-order valence-corrected chi connectivity index (χ2v) is 7.01. The van der Waals surface area contributed by atoms with Crippen molar-refractivity contribution >= 4 is 11.6 Å². The molecule has 0 saturated carbocycles. The normalized spacial score (nSPS) is 24.9. The second kappa shape index (κ2) is 7.40. The molecule has 0 bridgehead atoms. The Bertz CT molecular complexity index is 670. The van der Waals surface area contributed by atoms with Crippen molar-refractivity contribution in [2.24, 2.45) is 5.92 Å². The van der Waals surface area contributed by atoms with Gasteiger partial charge in [0.25, 0.3) is 0 Å². The van der Waals surface area contributed by atoms with Crippen LogP contribution in [0.5, 0.6) is 0 Å². The minimum absolute atomic E-state index is 0.00663. The minimum Gasteiger partial charge on any atom is -0.372 e. The predicted molar refractivity (Wildman–Crippen MR) is 92.6 cm³/mol. The lowest BCUT2D eigenvalue weighted by Crippen LogP contribution is -2.51. The van der Waals surface area contributed by atoms with Crippen LogP contribution in [0, 0.1) is 23.1 Å². The molecule has 5 nitrogen and oxygen atoms in total. The second-order valence-electron chi connectivity index (χ2n) is 7.01. The fraction of sp³-hybridized carbons (Fsp3) is 0.579. The number of morpholine rings is 1. The standard InChI is InChI=1S/C19H24FN3O2/c1-13-11-23(12-14(2)25-13)19(24)15-6-8-22(9-7-15)18-5-3-4-17(20)16(18)10-21/h3-5,13-15H,6-9,11-12H2,1-2H3/t13-,14-/m0/s1. The van der Waals surface area contributed by atoms with Crippen LogP contribution in [0.1, 0.15) is 32.3 Å². The van der Waals surface area contributed by atoms with Crippen molar-refractivity contribution in [3.63, 3.8) is 0 Å². The lowest BCUT2D eigenvalue weighted by Gasteiger charge is -2.39. The van der Waals surface area contributed by atoms with E-state index < -0.39 is 5.82 Å². The van der Waals surface area contributed by atoms with E-state index in [1.54, 1.807) is 12.1 Å². The van der Waals surface area contributed by atoms with Crippen LogP contribution in [-0.4, -0.2) is 49.2 Å². The summed E-state index contributed by atoms with van der Waals surface area (Å²) in [7, 11) is 0. The lowest BCUT2D eigenvalue weighted by atomic mass is 9.94. The van der Waals surface area contributed by atoms with E-state index in [0.29, 0.717) is 31.9 Å². The number of carbonyl (C=O) groups excluding carboxylic acids is 1. The van der Waals surface area contributed by atoms with Gasteiger partial charge in [0.1, 0.15) is 17.4 Å². The van der Waals surface area contributed by atoms with Gasteiger partial charge in [0.05, 0.1) is 17.9 Å². The maximum Gasteiger partial charge on any atom is 0.225 e. The molecule has 2 saturated heterocycles.